The van der Waals surface area contributed by atoms with Gasteiger partial charge in [-0.2, -0.15) is 0 Å². The van der Waals surface area contributed by atoms with Crippen molar-refractivity contribution in [1.29, 1.82) is 0 Å². The van der Waals surface area contributed by atoms with Crippen molar-refractivity contribution in [3.63, 3.8) is 0 Å². The third kappa shape index (κ3) is 2.06. The first kappa shape index (κ1) is 16.6. The maximum atomic E-state index is 12.7. The molecule has 3 unspecified atom stereocenters. The number of rotatable bonds is 5. The molecule has 22 heavy (non-hydrogen) atoms. The Hall–Kier alpha value is -1.79. The minimum absolute atomic E-state index is 0.201. The smallest absolute Gasteiger partial charge is 0.310 e. The first-order valence-corrected chi connectivity index (χ1v) is 7.00. The molecule has 6 nitrogen and oxygen atoms in total. The number of ketones is 2. The lowest BCUT2D eigenvalue weighted by Gasteiger charge is -2.54. The van der Waals surface area contributed by atoms with E-state index in [9.17, 15) is 14.4 Å². The summed E-state index contributed by atoms with van der Waals surface area (Å²) in [6.07, 6.45) is 6.61. The summed E-state index contributed by atoms with van der Waals surface area (Å²) in [5.41, 5.74) is -1.21. The van der Waals surface area contributed by atoms with E-state index in [1.807, 2.05) is 0 Å². The first-order valence-electron chi connectivity index (χ1n) is 7.00. The lowest BCUT2D eigenvalue weighted by atomic mass is 9.54. The van der Waals surface area contributed by atoms with Crippen LogP contribution in [0.25, 0.3) is 0 Å². The molecule has 0 saturated heterocycles. The van der Waals surface area contributed by atoms with Crippen LogP contribution in [-0.2, 0) is 28.6 Å². The summed E-state index contributed by atoms with van der Waals surface area (Å²) >= 11 is 0. The quantitative estimate of drug-likeness (QED) is 0.327. The largest absolute Gasteiger partial charge is 0.469 e. The van der Waals surface area contributed by atoms with Gasteiger partial charge in [0.1, 0.15) is 0 Å². The van der Waals surface area contributed by atoms with Gasteiger partial charge in [-0.15, -0.1) is 0 Å². The van der Waals surface area contributed by atoms with Gasteiger partial charge in [-0.25, -0.2) is 0 Å². The Morgan fingerprint density at radius 3 is 2.41 bits per heavy atom. The molecule has 2 bridgehead atoms. The molecule has 0 heterocycles. The van der Waals surface area contributed by atoms with Crippen LogP contribution in [0.4, 0.5) is 0 Å². The van der Waals surface area contributed by atoms with Gasteiger partial charge in [0, 0.05) is 20.1 Å². The molecule has 1 saturated carbocycles. The SMILES string of the molecule is COC(=O)C1CC2C=CC1(/C=C/C(C)=O)C(OC)(OC)C2=O. The number of fused-ring (bicyclic) bond motifs is 2. The third-order valence-electron chi connectivity index (χ3n) is 4.56. The minimum Gasteiger partial charge on any atom is -0.469 e. The lowest BCUT2D eigenvalue weighted by molar-refractivity contribution is -0.263. The zero-order valence-corrected chi connectivity index (χ0v) is 13.1. The molecule has 1 fully saturated rings. The zero-order valence-electron chi connectivity index (χ0n) is 13.1. The average molecular weight is 308 g/mol. The number of ether oxygens (including phenoxy) is 3. The molecular formula is C16H20O6. The highest BCUT2D eigenvalue weighted by Crippen LogP contribution is 2.56. The molecule has 0 amide bonds. The fourth-order valence-corrected chi connectivity index (χ4v) is 3.52. The summed E-state index contributed by atoms with van der Waals surface area (Å²) in [7, 11) is 4.00. The number of hydrogen-bond acceptors (Lipinski definition) is 6. The van der Waals surface area contributed by atoms with Crippen LogP contribution in [0.1, 0.15) is 13.3 Å². The number of carbonyl (C=O) groups excluding carboxylic acids is 3. The molecule has 3 aliphatic carbocycles. The van der Waals surface area contributed by atoms with Crippen molar-refractivity contribution in [3.8, 4) is 0 Å². The van der Waals surface area contributed by atoms with Gasteiger partial charge in [0.15, 0.2) is 11.6 Å². The molecule has 0 aliphatic heterocycles. The number of carbonyl (C=O) groups is 3. The van der Waals surface area contributed by atoms with Crippen LogP contribution in [0.15, 0.2) is 24.3 Å². The van der Waals surface area contributed by atoms with Crippen molar-refractivity contribution >= 4 is 17.5 Å². The lowest BCUT2D eigenvalue weighted by Crippen LogP contribution is -2.67. The summed E-state index contributed by atoms with van der Waals surface area (Å²) in [6.45, 7) is 1.39. The molecular weight excluding hydrogens is 288 g/mol. The number of hydrogen-bond donors (Lipinski definition) is 0. The van der Waals surface area contributed by atoms with Crippen molar-refractivity contribution in [2.45, 2.75) is 19.1 Å². The molecule has 0 aromatic carbocycles. The second-order valence-electron chi connectivity index (χ2n) is 5.54. The molecule has 0 aromatic heterocycles. The Morgan fingerprint density at radius 1 is 1.27 bits per heavy atom. The summed E-state index contributed by atoms with van der Waals surface area (Å²) in [5.74, 6) is -3.71. The predicted octanol–water partition coefficient (Wildman–Crippen LogP) is 1.06. The second kappa shape index (κ2) is 5.78. The molecule has 0 radical (unpaired) electrons. The van der Waals surface area contributed by atoms with Crippen molar-refractivity contribution < 1.29 is 28.6 Å². The van der Waals surface area contributed by atoms with E-state index < -0.39 is 29.0 Å². The number of methoxy groups -OCH3 is 3. The van der Waals surface area contributed by atoms with E-state index >= 15 is 0 Å². The number of allylic oxidation sites excluding steroid dienone is 2. The highest BCUT2D eigenvalue weighted by molar-refractivity contribution is 5.97. The van der Waals surface area contributed by atoms with Crippen LogP contribution in [0.3, 0.4) is 0 Å². The molecule has 3 atom stereocenters. The molecule has 0 spiro atoms. The van der Waals surface area contributed by atoms with E-state index in [1.165, 1.54) is 40.4 Å². The summed E-state index contributed by atoms with van der Waals surface area (Å²) in [6, 6.07) is 0. The number of Topliss-reactive ketones (excluding diaryl/α,β-unsaturated/α-hetero) is 1. The first-order chi connectivity index (χ1) is 10.4. The molecule has 3 rings (SSSR count). The van der Waals surface area contributed by atoms with E-state index in [0.717, 1.165) is 0 Å². The molecule has 6 heteroatoms. The summed E-state index contributed by atoms with van der Waals surface area (Å²) < 4.78 is 15.8. The highest BCUT2D eigenvalue weighted by Gasteiger charge is 2.68. The van der Waals surface area contributed by atoms with Gasteiger partial charge < -0.3 is 14.2 Å². The van der Waals surface area contributed by atoms with Gasteiger partial charge in [-0.3, -0.25) is 14.4 Å². The summed E-state index contributed by atoms with van der Waals surface area (Å²) in [5, 5.41) is 0. The summed E-state index contributed by atoms with van der Waals surface area (Å²) in [4.78, 5) is 36.3. The Bertz CT molecular complexity index is 557. The van der Waals surface area contributed by atoms with E-state index in [0.29, 0.717) is 6.42 Å². The van der Waals surface area contributed by atoms with Crippen molar-refractivity contribution in [2.75, 3.05) is 21.3 Å². The van der Waals surface area contributed by atoms with Crippen LogP contribution < -0.4 is 0 Å². The van der Waals surface area contributed by atoms with E-state index in [-0.39, 0.29) is 11.6 Å². The monoisotopic (exact) mass is 308 g/mol. The van der Waals surface area contributed by atoms with Crippen LogP contribution in [0.2, 0.25) is 0 Å². The Labute approximate surface area is 129 Å². The fourth-order valence-electron chi connectivity index (χ4n) is 3.52. The van der Waals surface area contributed by atoms with Crippen LogP contribution in [0, 0.1) is 17.3 Å². The third-order valence-corrected chi connectivity index (χ3v) is 4.56. The second-order valence-corrected chi connectivity index (χ2v) is 5.54. The maximum Gasteiger partial charge on any atom is 0.310 e. The topological polar surface area (TPSA) is 78.9 Å². The molecule has 0 N–H and O–H groups in total. The van der Waals surface area contributed by atoms with Gasteiger partial charge in [-0.05, 0) is 19.4 Å². The van der Waals surface area contributed by atoms with Crippen molar-refractivity contribution in [3.05, 3.63) is 24.3 Å². The molecule has 120 valence electrons. The number of esters is 1. The molecule has 3 aliphatic rings. The molecule has 0 aromatic rings. The maximum absolute atomic E-state index is 12.7. The van der Waals surface area contributed by atoms with Gasteiger partial charge in [0.2, 0.25) is 5.79 Å². The van der Waals surface area contributed by atoms with E-state index in [1.54, 1.807) is 12.2 Å². The van der Waals surface area contributed by atoms with E-state index in [4.69, 9.17) is 14.2 Å². The van der Waals surface area contributed by atoms with Crippen LogP contribution >= 0.6 is 0 Å². The van der Waals surface area contributed by atoms with E-state index in [2.05, 4.69) is 0 Å². The Kier molecular flexibility index (Phi) is 4.35. The van der Waals surface area contributed by atoms with Gasteiger partial charge in [0.05, 0.1) is 18.4 Å². The Balaban J connectivity index is 2.68. The predicted molar refractivity (Wildman–Crippen MR) is 76.8 cm³/mol. The zero-order chi connectivity index (χ0) is 16.5. The van der Waals surface area contributed by atoms with Gasteiger partial charge in [-0.1, -0.05) is 18.2 Å². The average Bonchev–Trinajstić information content (AvgIpc) is 2.53. The van der Waals surface area contributed by atoms with Crippen LogP contribution in [-0.4, -0.2) is 44.7 Å². The highest BCUT2D eigenvalue weighted by atomic mass is 16.7. The Morgan fingerprint density at radius 2 is 1.91 bits per heavy atom. The van der Waals surface area contributed by atoms with Crippen molar-refractivity contribution in [2.24, 2.45) is 17.3 Å². The van der Waals surface area contributed by atoms with Crippen molar-refractivity contribution in [1.82, 2.24) is 0 Å². The normalized spacial score (nSPS) is 32.5. The standard InChI is InChI=1S/C16H20O6/c1-10(17)5-7-15-8-6-11(9-12(15)14(19)20-2)13(18)16(15,21-3)22-4/h5-8,11-12H,9H2,1-4H3/b7-5+. The minimum atomic E-state index is -1.64. The van der Waals surface area contributed by atoms with Crippen LogP contribution in [0.5, 0.6) is 0 Å². The fraction of sp³-hybridized carbons (Fsp3) is 0.562. The van der Waals surface area contributed by atoms with Gasteiger partial charge >= 0.3 is 5.97 Å². The van der Waals surface area contributed by atoms with Gasteiger partial charge in [0.25, 0.3) is 0 Å².